The summed E-state index contributed by atoms with van der Waals surface area (Å²) >= 11 is 0. The third kappa shape index (κ3) is 2.38. The summed E-state index contributed by atoms with van der Waals surface area (Å²) in [6, 6.07) is 4.03. The third-order valence-corrected chi connectivity index (χ3v) is 5.87. The van der Waals surface area contributed by atoms with Crippen molar-refractivity contribution in [2.24, 2.45) is 5.73 Å². The number of hydrogen-bond acceptors (Lipinski definition) is 4. The molecule has 1 aromatic rings. The van der Waals surface area contributed by atoms with Crippen LogP contribution in [0.3, 0.4) is 0 Å². The van der Waals surface area contributed by atoms with Crippen LogP contribution in [0.4, 0.5) is 5.69 Å². The lowest BCUT2D eigenvalue weighted by molar-refractivity contribution is 0.1000. The Bertz CT molecular complexity index is 653. The van der Waals surface area contributed by atoms with Crippen LogP contribution in [-0.2, 0) is 10.0 Å². The first-order chi connectivity index (χ1) is 9.16. The molecule has 0 radical (unpaired) electrons. The monoisotopic (exact) mass is 297 g/mol. The summed E-state index contributed by atoms with van der Waals surface area (Å²) in [5.74, 6) is -0.637. The number of rotatable bonds is 3. The molecule has 0 spiro atoms. The van der Waals surface area contributed by atoms with E-state index >= 15 is 0 Å². The molecule has 2 rings (SSSR count). The Morgan fingerprint density at radius 2 is 2.00 bits per heavy atom. The van der Waals surface area contributed by atoms with Gasteiger partial charge in [0.1, 0.15) is 4.90 Å². The number of sulfonamides is 1. The molecule has 1 amide bonds. The highest BCUT2D eigenvalue weighted by Gasteiger charge is 2.41. The van der Waals surface area contributed by atoms with Crippen LogP contribution >= 0.6 is 0 Å². The van der Waals surface area contributed by atoms with Gasteiger partial charge in [-0.2, -0.15) is 4.31 Å². The van der Waals surface area contributed by atoms with E-state index in [0.717, 1.165) is 12.8 Å². The molecule has 1 aliphatic heterocycles. The maximum atomic E-state index is 12.7. The zero-order valence-electron chi connectivity index (χ0n) is 11.6. The summed E-state index contributed by atoms with van der Waals surface area (Å²) in [4.78, 5) is 11.1. The second-order valence-electron chi connectivity index (χ2n) is 5.61. The lowest BCUT2D eigenvalue weighted by atomic mass is 10.0. The van der Waals surface area contributed by atoms with E-state index in [1.807, 2.05) is 13.8 Å². The van der Waals surface area contributed by atoms with Crippen LogP contribution in [0.5, 0.6) is 0 Å². The molecule has 0 bridgehead atoms. The minimum Gasteiger partial charge on any atom is -0.398 e. The second kappa shape index (κ2) is 4.75. The van der Waals surface area contributed by atoms with Crippen molar-refractivity contribution in [1.82, 2.24) is 4.31 Å². The van der Waals surface area contributed by atoms with E-state index in [0.29, 0.717) is 6.54 Å². The average Bonchev–Trinajstić information content (AvgIpc) is 2.69. The van der Waals surface area contributed by atoms with E-state index in [-0.39, 0.29) is 16.1 Å². The number of nitrogens with zero attached hydrogens (tertiary/aromatic N) is 1. The molecule has 0 aromatic heterocycles. The van der Waals surface area contributed by atoms with Gasteiger partial charge in [0, 0.05) is 17.6 Å². The number of nitrogen functional groups attached to an aromatic ring is 1. The van der Waals surface area contributed by atoms with Gasteiger partial charge in [-0.25, -0.2) is 8.42 Å². The normalized spacial score (nSPS) is 19.1. The number of hydrogen-bond donors (Lipinski definition) is 2. The quantitative estimate of drug-likeness (QED) is 0.809. The predicted octanol–water partition coefficient (Wildman–Crippen LogP) is 0.931. The minimum absolute atomic E-state index is 0.0254. The smallest absolute Gasteiger partial charge is 0.248 e. The highest BCUT2D eigenvalue weighted by Crippen LogP contribution is 2.35. The number of carbonyl (C=O) groups is 1. The van der Waals surface area contributed by atoms with Crippen molar-refractivity contribution in [2.75, 3.05) is 12.3 Å². The molecule has 110 valence electrons. The van der Waals surface area contributed by atoms with Crippen LogP contribution in [0.15, 0.2) is 23.1 Å². The van der Waals surface area contributed by atoms with Crippen molar-refractivity contribution in [3.05, 3.63) is 23.8 Å². The van der Waals surface area contributed by atoms with Gasteiger partial charge >= 0.3 is 0 Å². The number of amides is 1. The molecule has 6 nitrogen and oxygen atoms in total. The van der Waals surface area contributed by atoms with Gasteiger partial charge < -0.3 is 11.5 Å². The fraction of sp³-hybridized carbons (Fsp3) is 0.462. The Morgan fingerprint density at radius 3 is 2.45 bits per heavy atom. The van der Waals surface area contributed by atoms with Crippen LogP contribution in [-0.4, -0.2) is 30.7 Å². The summed E-state index contributed by atoms with van der Waals surface area (Å²) in [6.07, 6.45) is 1.64. The number of benzene rings is 1. The van der Waals surface area contributed by atoms with Gasteiger partial charge in [0.15, 0.2) is 0 Å². The van der Waals surface area contributed by atoms with Crippen LogP contribution in [0.25, 0.3) is 0 Å². The first-order valence-electron chi connectivity index (χ1n) is 6.38. The summed E-state index contributed by atoms with van der Waals surface area (Å²) < 4.78 is 26.8. The van der Waals surface area contributed by atoms with Crippen LogP contribution in [0.2, 0.25) is 0 Å². The molecule has 1 aliphatic rings. The molecule has 0 aliphatic carbocycles. The maximum Gasteiger partial charge on any atom is 0.248 e. The number of nitrogens with two attached hydrogens (primary N) is 2. The Balaban J connectivity index is 2.48. The van der Waals surface area contributed by atoms with E-state index in [4.69, 9.17) is 11.5 Å². The highest BCUT2D eigenvalue weighted by molar-refractivity contribution is 7.89. The molecule has 4 N–H and O–H groups in total. The van der Waals surface area contributed by atoms with Gasteiger partial charge in [-0.15, -0.1) is 0 Å². The van der Waals surface area contributed by atoms with Gasteiger partial charge in [0.2, 0.25) is 15.9 Å². The van der Waals surface area contributed by atoms with Crippen molar-refractivity contribution in [1.29, 1.82) is 0 Å². The van der Waals surface area contributed by atoms with Crippen molar-refractivity contribution in [2.45, 2.75) is 37.1 Å². The molecule has 0 unspecified atom stereocenters. The molecule has 0 atom stereocenters. The average molecular weight is 297 g/mol. The van der Waals surface area contributed by atoms with Gasteiger partial charge in [0.05, 0.1) is 5.69 Å². The highest BCUT2D eigenvalue weighted by atomic mass is 32.2. The van der Waals surface area contributed by atoms with Gasteiger partial charge in [-0.05, 0) is 44.9 Å². The molecular formula is C13H19N3O3S. The number of anilines is 1. The largest absolute Gasteiger partial charge is 0.398 e. The maximum absolute atomic E-state index is 12.7. The molecule has 20 heavy (non-hydrogen) atoms. The Morgan fingerprint density at radius 1 is 1.35 bits per heavy atom. The Labute approximate surface area is 118 Å². The van der Waals surface area contributed by atoms with Crippen LogP contribution in [0.1, 0.15) is 37.0 Å². The topological polar surface area (TPSA) is 106 Å². The second-order valence-corrected chi connectivity index (χ2v) is 7.44. The lowest BCUT2D eigenvalue weighted by Gasteiger charge is -2.30. The Hall–Kier alpha value is -1.60. The number of carbonyl (C=O) groups excluding carboxylic acids is 1. The summed E-state index contributed by atoms with van der Waals surface area (Å²) in [6.45, 7) is 4.27. The van der Waals surface area contributed by atoms with E-state index in [1.165, 1.54) is 22.5 Å². The number of primary amides is 1. The Kier molecular flexibility index (Phi) is 3.51. The van der Waals surface area contributed by atoms with E-state index in [9.17, 15) is 13.2 Å². The molecule has 1 saturated heterocycles. The van der Waals surface area contributed by atoms with Gasteiger partial charge in [0.25, 0.3) is 0 Å². The fourth-order valence-electron chi connectivity index (χ4n) is 2.58. The first-order valence-corrected chi connectivity index (χ1v) is 7.82. The lowest BCUT2D eigenvalue weighted by Crippen LogP contribution is -2.42. The molecule has 0 saturated carbocycles. The van der Waals surface area contributed by atoms with Gasteiger partial charge in [-0.1, -0.05) is 0 Å². The zero-order chi connectivity index (χ0) is 15.1. The summed E-state index contributed by atoms with van der Waals surface area (Å²) in [5.41, 5.74) is 10.8. The first kappa shape index (κ1) is 14.8. The molecule has 1 fully saturated rings. The standard InChI is InChI=1S/C13H19N3O3S/c1-13(2)6-3-7-16(13)20(18,19)11-5-4-9(12(15)17)8-10(11)14/h4-5,8H,3,6-7,14H2,1-2H3,(H2,15,17). The summed E-state index contributed by atoms with van der Waals surface area (Å²) in [5, 5.41) is 0. The summed E-state index contributed by atoms with van der Waals surface area (Å²) in [7, 11) is -3.66. The van der Waals surface area contributed by atoms with Crippen LogP contribution < -0.4 is 11.5 Å². The van der Waals surface area contributed by atoms with E-state index in [2.05, 4.69) is 0 Å². The van der Waals surface area contributed by atoms with Gasteiger partial charge in [-0.3, -0.25) is 4.79 Å². The van der Waals surface area contributed by atoms with E-state index in [1.54, 1.807) is 0 Å². The SMILES string of the molecule is CC1(C)CCCN1S(=O)(=O)c1ccc(C(N)=O)cc1N. The molecule has 1 heterocycles. The minimum atomic E-state index is -3.66. The van der Waals surface area contributed by atoms with Crippen LogP contribution in [0, 0.1) is 0 Å². The third-order valence-electron chi connectivity index (χ3n) is 3.69. The molecule has 1 aromatic carbocycles. The predicted molar refractivity (Wildman–Crippen MR) is 76.6 cm³/mol. The molecule has 7 heteroatoms. The zero-order valence-corrected chi connectivity index (χ0v) is 12.4. The van der Waals surface area contributed by atoms with Crippen molar-refractivity contribution >= 4 is 21.6 Å². The fourth-order valence-corrected chi connectivity index (χ4v) is 4.53. The molecular weight excluding hydrogens is 278 g/mol. The van der Waals surface area contributed by atoms with Crippen molar-refractivity contribution < 1.29 is 13.2 Å². The van der Waals surface area contributed by atoms with Crippen molar-refractivity contribution in [3.8, 4) is 0 Å². The van der Waals surface area contributed by atoms with Crippen molar-refractivity contribution in [3.63, 3.8) is 0 Å². The van der Waals surface area contributed by atoms with E-state index < -0.39 is 21.5 Å².